The van der Waals surface area contributed by atoms with E-state index >= 15 is 0 Å². The Morgan fingerprint density at radius 1 is 1.90 bits per heavy atom. The van der Waals surface area contributed by atoms with Crippen molar-refractivity contribution in [1.29, 1.82) is 0 Å². The Morgan fingerprint density at radius 2 is 2.70 bits per heavy atom. The quantitative estimate of drug-likeness (QED) is 0.415. The highest BCUT2D eigenvalue weighted by Gasteiger charge is 2.24. The molecule has 0 bridgehead atoms. The Hall–Kier alpha value is -1.01. The average Bonchev–Trinajstić information content (AvgIpc) is 2.31. The van der Waals surface area contributed by atoms with Crippen molar-refractivity contribution in [2.24, 2.45) is 0 Å². The van der Waals surface area contributed by atoms with Gasteiger partial charge in [0.1, 0.15) is 6.04 Å². The van der Waals surface area contributed by atoms with Crippen LogP contribution in [0.5, 0.6) is 0 Å². The van der Waals surface area contributed by atoms with E-state index in [1.165, 1.54) is 0 Å². The van der Waals surface area contributed by atoms with Crippen molar-refractivity contribution in [2.75, 3.05) is 13.2 Å². The van der Waals surface area contributed by atoms with E-state index in [0.717, 1.165) is 6.42 Å². The molecule has 0 amide bonds. The molecule has 1 atom stereocenters. The molecule has 1 fully saturated rings. The Balaban J connectivity index is 2.28. The third kappa shape index (κ3) is 1.49. The van der Waals surface area contributed by atoms with Crippen LogP contribution in [-0.2, 0) is 9.53 Å². The first-order valence-electron chi connectivity index (χ1n) is 3.18. The maximum absolute atomic E-state index is 10.7. The molecular formula is C7H9NO2. The molecule has 0 spiro atoms. The minimum Gasteiger partial charge on any atom is -0.464 e. The van der Waals surface area contributed by atoms with Gasteiger partial charge < -0.3 is 4.74 Å². The highest BCUT2D eigenvalue weighted by atomic mass is 16.5. The van der Waals surface area contributed by atoms with Crippen molar-refractivity contribution in [3.8, 4) is 12.3 Å². The van der Waals surface area contributed by atoms with E-state index in [9.17, 15) is 4.79 Å². The fourth-order valence-corrected chi connectivity index (χ4v) is 0.863. The SMILES string of the molecule is C#CCNC1CCOC1=O. The summed E-state index contributed by atoms with van der Waals surface area (Å²) in [5.41, 5.74) is 0. The molecule has 0 radical (unpaired) electrons. The molecule has 0 aromatic rings. The molecule has 1 unspecified atom stereocenters. The predicted molar refractivity (Wildman–Crippen MR) is 36.2 cm³/mol. The highest BCUT2D eigenvalue weighted by Crippen LogP contribution is 2.04. The second-order valence-electron chi connectivity index (χ2n) is 2.09. The van der Waals surface area contributed by atoms with Crippen LogP contribution in [0.2, 0.25) is 0 Å². The number of ether oxygens (including phenoxy) is 1. The number of carbonyl (C=O) groups is 1. The van der Waals surface area contributed by atoms with Crippen molar-refractivity contribution >= 4 is 5.97 Å². The summed E-state index contributed by atoms with van der Waals surface area (Å²) in [7, 11) is 0. The van der Waals surface area contributed by atoms with Gasteiger partial charge in [0.2, 0.25) is 0 Å². The van der Waals surface area contributed by atoms with Gasteiger partial charge in [0.15, 0.2) is 0 Å². The summed E-state index contributed by atoms with van der Waals surface area (Å²) in [4.78, 5) is 10.7. The monoisotopic (exact) mass is 139 g/mol. The molecule has 10 heavy (non-hydrogen) atoms. The average molecular weight is 139 g/mol. The number of terminal acetylenes is 1. The summed E-state index contributed by atoms with van der Waals surface area (Å²) in [5.74, 6) is 2.21. The fraction of sp³-hybridized carbons (Fsp3) is 0.571. The number of carbonyl (C=O) groups excluding carboxylic acids is 1. The van der Waals surface area contributed by atoms with Gasteiger partial charge in [-0.1, -0.05) is 5.92 Å². The van der Waals surface area contributed by atoms with E-state index in [4.69, 9.17) is 11.2 Å². The Labute approximate surface area is 59.7 Å². The van der Waals surface area contributed by atoms with Crippen LogP contribution in [0.25, 0.3) is 0 Å². The second-order valence-corrected chi connectivity index (χ2v) is 2.09. The van der Waals surface area contributed by atoms with Gasteiger partial charge in [-0.3, -0.25) is 10.1 Å². The molecule has 1 rings (SSSR count). The molecule has 1 aliphatic heterocycles. The maximum atomic E-state index is 10.7. The number of rotatable bonds is 2. The van der Waals surface area contributed by atoms with Gasteiger partial charge in [-0.05, 0) is 0 Å². The number of cyclic esters (lactones) is 1. The number of hydrogen-bond donors (Lipinski definition) is 1. The lowest BCUT2D eigenvalue weighted by Gasteiger charge is -2.02. The first kappa shape index (κ1) is 7.10. The predicted octanol–water partition coefficient (Wildman–Crippen LogP) is -0.475. The van der Waals surface area contributed by atoms with E-state index in [1.54, 1.807) is 0 Å². The summed E-state index contributed by atoms with van der Waals surface area (Å²) in [5, 5.41) is 2.87. The van der Waals surface area contributed by atoms with Gasteiger partial charge in [-0.15, -0.1) is 6.42 Å². The fourth-order valence-electron chi connectivity index (χ4n) is 0.863. The molecule has 54 valence electrons. The van der Waals surface area contributed by atoms with Crippen LogP contribution in [0.1, 0.15) is 6.42 Å². The standard InChI is InChI=1S/C7H9NO2/c1-2-4-8-6-3-5-10-7(6)9/h1,6,8H,3-5H2. The summed E-state index contributed by atoms with van der Waals surface area (Å²) in [6, 6.07) is -0.170. The van der Waals surface area contributed by atoms with Crippen LogP contribution in [0.15, 0.2) is 0 Å². The molecule has 1 N–H and O–H groups in total. The van der Waals surface area contributed by atoms with E-state index in [2.05, 4.69) is 11.2 Å². The van der Waals surface area contributed by atoms with Crippen molar-refractivity contribution in [2.45, 2.75) is 12.5 Å². The first-order valence-corrected chi connectivity index (χ1v) is 3.18. The minimum atomic E-state index is -0.185. The summed E-state index contributed by atoms with van der Waals surface area (Å²) >= 11 is 0. The van der Waals surface area contributed by atoms with Gasteiger partial charge >= 0.3 is 5.97 Å². The highest BCUT2D eigenvalue weighted by molar-refractivity contribution is 5.77. The molecule has 3 heteroatoms. The Kier molecular flexibility index (Phi) is 2.30. The maximum Gasteiger partial charge on any atom is 0.323 e. The number of esters is 1. The van der Waals surface area contributed by atoms with E-state index in [0.29, 0.717) is 13.2 Å². The van der Waals surface area contributed by atoms with Crippen LogP contribution in [0.3, 0.4) is 0 Å². The number of nitrogens with one attached hydrogen (secondary N) is 1. The van der Waals surface area contributed by atoms with Gasteiger partial charge in [0.25, 0.3) is 0 Å². The second kappa shape index (κ2) is 3.23. The van der Waals surface area contributed by atoms with Crippen molar-refractivity contribution in [3.63, 3.8) is 0 Å². The summed E-state index contributed by atoms with van der Waals surface area (Å²) in [6.45, 7) is 0.945. The molecule has 1 heterocycles. The van der Waals surface area contributed by atoms with Crippen molar-refractivity contribution < 1.29 is 9.53 Å². The van der Waals surface area contributed by atoms with Crippen LogP contribution in [0, 0.1) is 12.3 Å². The molecule has 1 aliphatic rings. The lowest BCUT2D eigenvalue weighted by Crippen LogP contribution is -2.33. The third-order valence-electron chi connectivity index (χ3n) is 1.39. The van der Waals surface area contributed by atoms with Gasteiger partial charge in [-0.2, -0.15) is 0 Å². The van der Waals surface area contributed by atoms with Gasteiger partial charge in [-0.25, -0.2) is 0 Å². The molecular weight excluding hydrogens is 130 g/mol. The molecule has 0 aliphatic carbocycles. The smallest absolute Gasteiger partial charge is 0.323 e. The Bertz CT molecular complexity index is 171. The topological polar surface area (TPSA) is 38.3 Å². The summed E-state index contributed by atoms with van der Waals surface area (Å²) in [6.07, 6.45) is 5.72. The van der Waals surface area contributed by atoms with Crippen molar-refractivity contribution in [3.05, 3.63) is 0 Å². The van der Waals surface area contributed by atoms with E-state index in [-0.39, 0.29) is 12.0 Å². The summed E-state index contributed by atoms with van der Waals surface area (Å²) < 4.78 is 4.69. The molecule has 3 nitrogen and oxygen atoms in total. The molecule has 1 saturated heterocycles. The number of hydrogen-bond acceptors (Lipinski definition) is 3. The lowest BCUT2D eigenvalue weighted by molar-refractivity contribution is -0.139. The zero-order valence-corrected chi connectivity index (χ0v) is 5.59. The van der Waals surface area contributed by atoms with Gasteiger partial charge in [0, 0.05) is 6.42 Å². The molecule has 0 saturated carbocycles. The normalized spacial score (nSPS) is 23.9. The molecule has 0 aromatic heterocycles. The minimum absolute atomic E-state index is 0.170. The van der Waals surface area contributed by atoms with E-state index < -0.39 is 0 Å². The zero-order valence-electron chi connectivity index (χ0n) is 5.59. The molecule has 0 aromatic carbocycles. The first-order chi connectivity index (χ1) is 4.84. The zero-order chi connectivity index (χ0) is 7.40. The third-order valence-corrected chi connectivity index (χ3v) is 1.39. The van der Waals surface area contributed by atoms with Crippen LogP contribution < -0.4 is 5.32 Å². The van der Waals surface area contributed by atoms with Crippen LogP contribution >= 0.6 is 0 Å². The largest absolute Gasteiger partial charge is 0.464 e. The Morgan fingerprint density at radius 3 is 3.20 bits per heavy atom. The van der Waals surface area contributed by atoms with Crippen LogP contribution in [-0.4, -0.2) is 25.2 Å². The van der Waals surface area contributed by atoms with Gasteiger partial charge in [0.05, 0.1) is 13.2 Å². The lowest BCUT2D eigenvalue weighted by atomic mass is 10.2. The van der Waals surface area contributed by atoms with Crippen molar-refractivity contribution in [1.82, 2.24) is 5.32 Å². The van der Waals surface area contributed by atoms with E-state index in [1.807, 2.05) is 0 Å². The van der Waals surface area contributed by atoms with Crippen LogP contribution in [0.4, 0.5) is 0 Å².